The SMILES string of the molecule is CCC(NCc1cccc(C#N)c1)c1ccc(F)cn1. The first-order valence-electron chi connectivity index (χ1n) is 6.56. The van der Waals surface area contributed by atoms with E-state index in [0.29, 0.717) is 12.1 Å². The molecule has 1 unspecified atom stereocenters. The van der Waals surface area contributed by atoms with E-state index in [1.807, 2.05) is 18.2 Å². The van der Waals surface area contributed by atoms with E-state index >= 15 is 0 Å². The molecule has 1 aromatic carbocycles. The lowest BCUT2D eigenvalue weighted by Gasteiger charge is -2.16. The van der Waals surface area contributed by atoms with E-state index in [2.05, 4.69) is 23.3 Å². The van der Waals surface area contributed by atoms with Crippen LogP contribution >= 0.6 is 0 Å². The quantitative estimate of drug-likeness (QED) is 0.905. The van der Waals surface area contributed by atoms with Crippen molar-refractivity contribution in [1.29, 1.82) is 5.26 Å². The number of nitrogens with one attached hydrogen (secondary N) is 1. The standard InChI is InChI=1S/C16H16FN3/c1-2-15(16-7-6-14(17)11-20-16)19-10-13-5-3-4-12(8-13)9-18/h3-8,11,15,19H,2,10H2,1H3. The van der Waals surface area contributed by atoms with Gasteiger partial charge in [0, 0.05) is 12.6 Å². The van der Waals surface area contributed by atoms with Gasteiger partial charge in [-0.25, -0.2) is 4.39 Å². The Kier molecular flexibility index (Phi) is 4.80. The molecule has 1 atom stereocenters. The fraction of sp³-hybridized carbons (Fsp3) is 0.250. The summed E-state index contributed by atoms with van der Waals surface area (Å²) in [6.45, 7) is 2.70. The van der Waals surface area contributed by atoms with E-state index in [1.165, 1.54) is 12.3 Å². The van der Waals surface area contributed by atoms with Crippen LogP contribution in [0.2, 0.25) is 0 Å². The molecule has 0 bridgehead atoms. The zero-order valence-corrected chi connectivity index (χ0v) is 11.3. The number of nitriles is 1. The lowest BCUT2D eigenvalue weighted by atomic mass is 10.1. The Bertz CT molecular complexity index is 602. The van der Waals surface area contributed by atoms with Crippen LogP contribution in [0.5, 0.6) is 0 Å². The average molecular weight is 269 g/mol. The number of hydrogen-bond acceptors (Lipinski definition) is 3. The maximum Gasteiger partial charge on any atom is 0.141 e. The lowest BCUT2D eigenvalue weighted by molar-refractivity contribution is 0.504. The van der Waals surface area contributed by atoms with Crippen LogP contribution in [0.1, 0.15) is 36.2 Å². The van der Waals surface area contributed by atoms with Gasteiger partial charge in [0.05, 0.1) is 23.5 Å². The molecule has 0 aliphatic rings. The number of benzene rings is 1. The van der Waals surface area contributed by atoms with Gasteiger partial charge in [-0.05, 0) is 36.2 Å². The Morgan fingerprint density at radius 1 is 1.35 bits per heavy atom. The lowest BCUT2D eigenvalue weighted by Crippen LogP contribution is -2.21. The topological polar surface area (TPSA) is 48.7 Å². The Balaban J connectivity index is 2.03. The smallest absolute Gasteiger partial charge is 0.141 e. The van der Waals surface area contributed by atoms with Gasteiger partial charge < -0.3 is 5.32 Å². The summed E-state index contributed by atoms with van der Waals surface area (Å²) in [6.07, 6.45) is 2.09. The van der Waals surface area contributed by atoms with Crippen LogP contribution < -0.4 is 5.32 Å². The van der Waals surface area contributed by atoms with Gasteiger partial charge in [0.1, 0.15) is 5.82 Å². The monoisotopic (exact) mass is 269 g/mol. The molecular formula is C16H16FN3. The fourth-order valence-electron chi connectivity index (χ4n) is 2.04. The summed E-state index contributed by atoms with van der Waals surface area (Å²) < 4.78 is 12.9. The molecule has 1 N–H and O–H groups in total. The molecule has 0 saturated carbocycles. The number of nitrogens with zero attached hydrogens (tertiary/aromatic N) is 2. The second-order valence-corrected chi connectivity index (χ2v) is 4.56. The van der Waals surface area contributed by atoms with Gasteiger partial charge in [-0.2, -0.15) is 5.26 Å². The van der Waals surface area contributed by atoms with Crippen LogP contribution in [0, 0.1) is 17.1 Å². The molecule has 0 fully saturated rings. The first-order chi connectivity index (χ1) is 9.72. The van der Waals surface area contributed by atoms with Crippen molar-refractivity contribution >= 4 is 0 Å². The third kappa shape index (κ3) is 3.62. The largest absolute Gasteiger partial charge is 0.305 e. The minimum atomic E-state index is -0.328. The van der Waals surface area contributed by atoms with Crippen molar-refractivity contribution in [3.63, 3.8) is 0 Å². The summed E-state index contributed by atoms with van der Waals surface area (Å²) in [5.74, 6) is -0.328. The molecule has 0 saturated heterocycles. The zero-order valence-electron chi connectivity index (χ0n) is 11.3. The van der Waals surface area contributed by atoms with Gasteiger partial charge in [-0.3, -0.25) is 4.98 Å². The van der Waals surface area contributed by atoms with Crippen LogP contribution in [0.15, 0.2) is 42.6 Å². The van der Waals surface area contributed by atoms with Gasteiger partial charge >= 0.3 is 0 Å². The molecule has 1 aromatic heterocycles. The van der Waals surface area contributed by atoms with Gasteiger partial charge in [0.15, 0.2) is 0 Å². The van der Waals surface area contributed by atoms with Crippen LogP contribution in [0.25, 0.3) is 0 Å². The summed E-state index contributed by atoms with van der Waals surface area (Å²) in [5.41, 5.74) is 2.52. The number of aromatic nitrogens is 1. The normalized spacial score (nSPS) is 11.8. The van der Waals surface area contributed by atoms with Crippen molar-refractivity contribution in [3.05, 3.63) is 65.2 Å². The third-order valence-electron chi connectivity index (χ3n) is 3.12. The maximum absolute atomic E-state index is 12.9. The van der Waals surface area contributed by atoms with E-state index in [0.717, 1.165) is 17.7 Å². The number of pyridine rings is 1. The minimum Gasteiger partial charge on any atom is -0.305 e. The minimum absolute atomic E-state index is 0.0707. The molecule has 2 rings (SSSR count). The number of halogens is 1. The number of rotatable bonds is 5. The second-order valence-electron chi connectivity index (χ2n) is 4.56. The maximum atomic E-state index is 12.9. The molecule has 1 heterocycles. The Morgan fingerprint density at radius 3 is 2.85 bits per heavy atom. The summed E-state index contributed by atoms with van der Waals surface area (Å²) in [7, 11) is 0. The Labute approximate surface area is 118 Å². The van der Waals surface area contributed by atoms with Gasteiger partial charge in [0.2, 0.25) is 0 Å². The third-order valence-corrected chi connectivity index (χ3v) is 3.12. The van der Waals surface area contributed by atoms with E-state index in [9.17, 15) is 4.39 Å². The van der Waals surface area contributed by atoms with Crippen molar-refractivity contribution in [3.8, 4) is 6.07 Å². The molecule has 4 heteroatoms. The second kappa shape index (κ2) is 6.78. The highest BCUT2D eigenvalue weighted by atomic mass is 19.1. The van der Waals surface area contributed by atoms with Gasteiger partial charge in [-0.15, -0.1) is 0 Å². The molecule has 0 amide bonds. The average Bonchev–Trinajstić information content (AvgIpc) is 2.50. The van der Waals surface area contributed by atoms with E-state index < -0.39 is 0 Å². The van der Waals surface area contributed by atoms with Crippen molar-refractivity contribution in [1.82, 2.24) is 10.3 Å². The van der Waals surface area contributed by atoms with Crippen molar-refractivity contribution in [2.24, 2.45) is 0 Å². The summed E-state index contributed by atoms with van der Waals surface area (Å²) in [4.78, 5) is 4.11. The summed E-state index contributed by atoms with van der Waals surface area (Å²) in [6, 6.07) is 12.8. The van der Waals surface area contributed by atoms with Gasteiger partial charge in [0.25, 0.3) is 0 Å². The fourth-order valence-corrected chi connectivity index (χ4v) is 2.04. The predicted molar refractivity (Wildman–Crippen MR) is 75.2 cm³/mol. The highest BCUT2D eigenvalue weighted by molar-refractivity contribution is 5.32. The van der Waals surface area contributed by atoms with Crippen molar-refractivity contribution in [2.45, 2.75) is 25.9 Å². The Morgan fingerprint density at radius 2 is 2.20 bits per heavy atom. The molecule has 0 spiro atoms. The summed E-state index contributed by atoms with van der Waals surface area (Å²) in [5, 5.41) is 12.3. The Hall–Kier alpha value is -2.25. The molecule has 3 nitrogen and oxygen atoms in total. The molecule has 102 valence electrons. The zero-order chi connectivity index (χ0) is 14.4. The van der Waals surface area contributed by atoms with Crippen LogP contribution in [-0.2, 0) is 6.54 Å². The highest BCUT2D eigenvalue weighted by Gasteiger charge is 2.10. The first-order valence-corrected chi connectivity index (χ1v) is 6.56. The highest BCUT2D eigenvalue weighted by Crippen LogP contribution is 2.15. The van der Waals surface area contributed by atoms with Crippen molar-refractivity contribution in [2.75, 3.05) is 0 Å². The van der Waals surface area contributed by atoms with Crippen LogP contribution in [0.3, 0.4) is 0 Å². The van der Waals surface area contributed by atoms with Crippen molar-refractivity contribution < 1.29 is 4.39 Å². The van der Waals surface area contributed by atoms with E-state index in [-0.39, 0.29) is 11.9 Å². The molecule has 20 heavy (non-hydrogen) atoms. The molecule has 0 aliphatic heterocycles. The van der Waals surface area contributed by atoms with Crippen LogP contribution in [0.4, 0.5) is 4.39 Å². The molecule has 2 aromatic rings. The first kappa shape index (κ1) is 14.2. The van der Waals surface area contributed by atoms with Gasteiger partial charge in [-0.1, -0.05) is 19.1 Å². The van der Waals surface area contributed by atoms with Crippen LogP contribution in [-0.4, -0.2) is 4.98 Å². The molecule has 0 radical (unpaired) electrons. The predicted octanol–water partition coefficient (Wildman–Crippen LogP) is 3.33. The van der Waals surface area contributed by atoms with E-state index in [4.69, 9.17) is 5.26 Å². The van der Waals surface area contributed by atoms with E-state index in [1.54, 1.807) is 12.1 Å². The number of hydrogen-bond donors (Lipinski definition) is 1. The molecular weight excluding hydrogens is 253 g/mol. The molecule has 0 aliphatic carbocycles. The summed E-state index contributed by atoms with van der Waals surface area (Å²) >= 11 is 0.